The zero-order valence-corrected chi connectivity index (χ0v) is 10.7. The highest BCUT2D eigenvalue weighted by Crippen LogP contribution is 2.21. The van der Waals surface area contributed by atoms with Gasteiger partial charge in [0.2, 0.25) is 0 Å². The van der Waals surface area contributed by atoms with Gasteiger partial charge in [-0.25, -0.2) is 4.98 Å². The molecule has 0 aromatic carbocycles. The Balaban J connectivity index is 1.99. The number of aryl methyl sites for hydroxylation is 2. The molecule has 2 aromatic heterocycles. The summed E-state index contributed by atoms with van der Waals surface area (Å²) in [7, 11) is 0. The molecule has 0 saturated carbocycles. The molecule has 2 rings (SSSR count). The van der Waals surface area contributed by atoms with Crippen molar-refractivity contribution in [3.63, 3.8) is 0 Å². The largest absolute Gasteiger partial charge is 0.347 e. The third kappa shape index (κ3) is 2.74. The van der Waals surface area contributed by atoms with Crippen molar-refractivity contribution in [2.45, 2.75) is 26.8 Å². The molecule has 0 spiro atoms. The van der Waals surface area contributed by atoms with Crippen LogP contribution in [0.2, 0.25) is 0 Å². The highest BCUT2D eigenvalue weighted by Gasteiger charge is 2.11. The van der Waals surface area contributed by atoms with Crippen LogP contribution in [0.4, 0.5) is 0 Å². The number of hydrogen-bond donors (Lipinski definition) is 2. The molecule has 0 atom stereocenters. The summed E-state index contributed by atoms with van der Waals surface area (Å²) in [6, 6.07) is 1.97. The number of nitrogens with zero attached hydrogens (tertiary/aromatic N) is 1. The number of thiophene rings is 1. The zero-order valence-electron chi connectivity index (χ0n) is 9.91. The lowest BCUT2D eigenvalue weighted by atomic mass is 10.2. The number of rotatable bonds is 4. The van der Waals surface area contributed by atoms with Crippen LogP contribution in [0.1, 0.15) is 32.9 Å². The molecule has 0 aliphatic carbocycles. The first kappa shape index (κ1) is 11.9. The molecule has 5 heteroatoms. The van der Waals surface area contributed by atoms with Gasteiger partial charge in [0.05, 0.1) is 11.4 Å². The summed E-state index contributed by atoms with van der Waals surface area (Å²) in [5.41, 5.74) is 1.25. The molecule has 0 unspecified atom stereocenters. The van der Waals surface area contributed by atoms with Gasteiger partial charge < -0.3 is 10.3 Å². The van der Waals surface area contributed by atoms with E-state index in [4.69, 9.17) is 0 Å². The fourth-order valence-corrected chi connectivity index (χ4v) is 2.66. The van der Waals surface area contributed by atoms with Gasteiger partial charge in [-0.1, -0.05) is 6.92 Å². The van der Waals surface area contributed by atoms with E-state index >= 15 is 0 Å². The van der Waals surface area contributed by atoms with Gasteiger partial charge in [0.25, 0.3) is 5.91 Å². The van der Waals surface area contributed by atoms with Crippen LogP contribution in [0.15, 0.2) is 18.5 Å². The first-order valence-electron chi connectivity index (χ1n) is 5.56. The number of amides is 1. The van der Waals surface area contributed by atoms with E-state index < -0.39 is 0 Å². The lowest BCUT2D eigenvalue weighted by molar-refractivity contribution is 0.0954. The fraction of sp³-hybridized carbons (Fsp3) is 0.333. The minimum atomic E-state index is -0.0331. The minimum absolute atomic E-state index is 0.0331. The molecule has 0 aliphatic heterocycles. The molecule has 17 heavy (non-hydrogen) atoms. The summed E-state index contributed by atoms with van der Waals surface area (Å²) in [6.07, 6.45) is 4.38. The van der Waals surface area contributed by atoms with Gasteiger partial charge >= 0.3 is 0 Å². The molecule has 2 aromatic rings. The molecule has 0 radical (unpaired) electrons. The van der Waals surface area contributed by atoms with E-state index in [0.29, 0.717) is 6.54 Å². The topological polar surface area (TPSA) is 57.8 Å². The van der Waals surface area contributed by atoms with Crippen LogP contribution >= 0.6 is 11.3 Å². The van der Waals surface area contributed by atoms with Gasteiger partial charge in [0.1, 0.15) is 5.82 Å². The first-order valence-corrected chi connectivity index (χ1v) is 6.38. The van der Waals surface area contributed by atoms with E-state index in [1.165, 1.54) is 10.4 Å². The van der Waals surface area contributed by atoms with Gasteiger partial charge in [-0.05, 0) is 25.0 Å². The van der Waals surface area contributed by atoms with Crippen molar-refractivity contribution < 1.29 is 4.79 Å². The second-order valence-electron chi connectivity index (χ2n) is 3.76. The van der Waals surface area contributed by atoms with Gasteiger partial charge in [0, 0.05) is 17.3 Å². The Kier molecular flexibility index (Phi) is 3.58. The molecular formula is C12H15N3OS. The number of aromatic amines is 1. The van der Waals surface area contributed by atoms with Gasteiger partial charge in [-0.2, -0.15) is 0 Å². The van der Waals surface area contributed by atoms with Crippen LogP contribution in [0.3, 0.4) is 0 Å². The Hall–Kier alpha value is -1.62. The standard InChI is InChI=1S/C12H15N3OS/c1-3-9-6-10(17-8(9)2)12(16)15-7-11-13-4-5-14-11/h4-6H,3,7H2,1-2H3,(H,13,14)(H,15,16). The second-order valence-corrected chi connectivity index (χ2v) is 5.02. The summed E-state index contributed by atoms with van der Waals surface area (Å²) in [5, 5.41) is 2.84. The number of aromatic nitrogens is 2. The molecule has 0 fully saturated rings. The number of nitrogens with one attached hydrogen (secondary N) is 2. The maximum atomic E-state index is 11.9. The average Bonchev–Trinajstić information content (AvgIpc) is 2.94. The Morgan fingerprint density at radius 2 is 2.41 bits per heavy atom. The first-order chi connectivity index (χ1) is 8.20. The predicted molar refractivity (Wildman–Crippen MR) is 68.2 cm³/mol. The van der Waals surface area contributed by atoms with Crippen LogP contribution in [-0.2, 0) is 13.0 Å². The third-order valence-corrected chi connectivity index (χ3v) is 3.69. The molecule has 1 amide bonds. The van der Waals surface area contributed by atoms with Crippen LogP contribution in [-0.4, -0.2) is 15.9 Å². The van der Waals surface area contributed by atoms with Crippen molar-refractivity contribution >= 4 is 17.2 Å². The van der Waals surface area contributed by atoms with Gasteiger partial charge in [-0.15, -0.1) is 11.3 Å². The molecule has 4 nitrogen and oxygen atoms in total. The number of hydrogen-bond acceptors (Lipinski definition) is 3. The number of imidazole rings is 1. The molecular weight excluding hydrogens is 234 g/mol. The SMILES string of the molecule is CCc1cc(C(=O)NCc2ncc[nH]2)sc1C. The highest BCUT2D eigenvalue weighted by atomic mass is 32.1. The molecule has 90 valence electrons. The van der Waals surface area contributed by atoms with Crippen molar-refractivity contribution in [2.24, 2.45) is 0 Å². The molecule has 0 saturated heterocycles. The summed E-state index contributed by atoms with van der Waals surface area (Å²) in [4.78, 5) is 20.9. The van der Waals surface area contributed by atoms with Gasteiger partial charge in [0.15, 0.2) is 0 Å². The Bertz CT molecular complexity index is 502. The van der Waals surface area contributed by atoms with E-state index in [9.17, 15) is 4.79 Å². The predicted octanol–water partition coefficient (Wildman–Crippen LogP) is 2.27. The second kappa shape index (κ2) is 5.14. The van der Waals surface area contributed by atoms with Crippen molar-refractivity contribution in [3.05, 3.63) is 39.6 Å². The van der Waals surface area contributed by atoms with Crippen molar-refractivity contribution in [1.82, 2.24) is 15.3 Å². The van der Waals surface area contributed by atoms with Crippen molar-refractivity contribution in [2.75, 3.05) is 0 Å². The maximum Gasteiger partial charge on any atom is 0.261 e. The van der Waals surface area contributed by atoms with E-state index in [1.54, 1.807) is 23.7 Å². The lowest BCUT2D eigenvalue weighted by Gasteiger charge is -2.00. The van der Waals surface area contributed by atoms with E-state index in [2.05, 4.69) is 22.2 Å². The Morgan fingerprint density at radius 3 is 3.00 bits per heavy atom. The van der Waals surface area contributed by atoms with Crippen LogP contribution in [0.25, 0.3) is 0 Å². The minimum Gasteiger partial charge on any atom is -0.347 e. The fourth-order valence-electron chi connectivity index (χ4n) is 1.63. The summed E-state index contributed by atoms with van der Waals surface area (Å²) in [5.74, 6) is 0.733. The Labute approximate surface area is 104 Å². The van der Waals surface area contributed by atoms with E-state index in [-0.39, 0.29) is 5.91 Å². The smallest absolute Gasteiger partial charge is 0.261 e. The zero-order chi connectivity index (χ0) is 12.3. The quantitative estimate of drug-likeness (QED) is 0.873. The number of H-pyrrole nitrogens is 1. The maximum absolute atomic E-state index is 11.9. The highest BCUT2D eigenvalue weighted by molar-refractivity contribution is 7.14. The monoisotopic (exact) mass is 249 g/mol. The van der Waals surface area contributed by atoms with E-state index in [0.717, 1.165) is 17.1 Å². The Morgan fingerprint density at radius 1 is 1.59 bits per heavy atom. The summed E-state index contributed by atoms with van der Waals surface area (Å²) in [6.45, 7) is 4.58. The third-order valence-electron chi connectivity index (χ3n) is 2.60. The number of carbonyl (C=O) groups is 1. The lowest BCUT2D eigenvalue weighted by Crippen LogP contribution is -2.22. The van der Waals surface area contributed by atoms with Crippen molar-refractivity contribution in [3.8, 4) is 0 Å². The summed E-state index contributed by atoms with van der Waals surface area (Å²) >= 11 is 1.54. The average molecular weight is 249 g/mol. The summed E-state index contributed by atoms with van der Waals surface area (Å²) < 4.78 is 0. The van der Waals surface area contributed by atoms with Crippen molar-refractivity contribution in [1.29, 1.82) is 0 Å². The molecule has 0 aliphatic rings. The van der Waals surface area contributed by atoms with Crippen LogP contribution < -0.4 is 5.32 Å². The van der Waals surface area contributed by atoms with Crippen LogP contribution in [0, 0.1) is 6.92 Å². The van der Waals surface area contributed by atoms with Gasteiger partial charge in [-0.3, -0.25) is 4.79 Å². The van der Waals surface area contributed by atoms with Crippen LogP contribution in [0.5, 0.6) is 0 Å². The molecule has 2 N–H and O–H groups in total. The normalized spacial score (nSPS) is 10.5. The number of carbonyl (C=O) groups excluding carboxylic acids is 1. The molecule has 2 heterocycles. The van der Waals surface area contributed by atoms with E-state index in [1.807, 2.05) is 13.0 Å². The molecule has 0 bridgehead atoms.